The van der Waals surface area contributed by atoms with E-state index in [0.717, 1.165) is 16.9 Å². The number of hydrogen-bond donors (Lipinski definition) is 1. The third-order valence-electron chi connectivity index (χ3n) is 3.32. The summed E-state index contributed by atoms with van der Waals surface area (Å²) in [6.07, 6.45) is 8.17. The van der Waals surface area contributed by atoms with Crippen molar-refractivity contribution in [3.63, 3.8) is 0 Å². The predicted octanol–water partition coefficient (Wildman–Crippen LogP) is 2.43. The number of rotatable bonds is 7. The summed E-state index contributed by atoms with van der Waals surface area (Å²) in [6.45, 7) is 0.544. The largest absolute Gasteiger partial charge is 0.497 e. The minimum absolute atomic E-state index is 0.223. The van der Waals surface area contributed by atoms with Crippen molar-refractivity contribution in [2.75, 3.05) is 12.9 Å². The second-order valence-electron chi connectivity index (χ2n) is 5.12. The minimum atomic E-state index is -3.88. The highest BCUT2D eigenvalue weighted by atomic mass is 32.2. The molecule has 1 aromatic heterocycles. The third-order valence-corrected chi connectivity index (χ3v) is 4.12. The van der Waals surface area contributed by atoms with Gasteiger partial charge in [0, 0.05) is 18.6 Å². The Bertz CT molecular complexity index is 750. The van der Waals surface area contributed by atoms with Crippen LogP contribution in [0, 0.1) is 0 Å². The number of hydrogen-bond acceptors (Lipinski definition) is 3. The lowest BCUT2D eigenvalue weighted by atomic mass is 10.1. The van der Waals surface area contributed by atoms with Crippen molar-refractivity contribution in [1.29, 1.82) is 0 Å². The molecule has 0 amide bonds. The van der Waals surface area contributed by atoms with Gasteiger partial charge in [-0.25, -0.2) is 4.57 Å². The maximum atomic E-state index is 10.7. The van der Waals surface area contributed by atoms with E-state index in [-0.39, 0.29) is 5.75 Å². The maximum Gasteiger partial charge on any atom is 0.265 e. The Morgan fingerprint density at radius 2 is 1.61 bits per heavy atom. The first-order valence-electron chi connectivity index (χ1n) is 7.23. The summed E-state index contributed by atoms with van der Waals surface area (Å²) >= 11 is 0. The van der Waals surface area contributed by atoms with Gasteiger partial charge >= 0.3 is 0 Å². The molecule has 2 rings (SSSR count). The molecule has 0 atom stereocenters. The van der Waals surface area contributed by atoms with Crippen LogP contribution in [-0.4, -0.2) is 25.8 Å². The van der Waals surface area contributed by atoms with Gasteiger partial charge in [-0.15, -0.1) is 0 Å². The van der Waals surface area contributed by atoms with Gasteiger partial charge in [0.15, 0.2) is 12.4 Å². The number of aryl methyl sites for hydroxylation is 1. The molecule has 1 N–H and O–H groups in total. The van der Waals surface area contributed by atoms with E-state index in [2.05, 4.69) is 0 Å². The molecule has 0 saturated heterocycles. The van der Waals surface area contributed by atoms with Crippen molar-refractivity contribution in [2.24, 2.45) is 0 Å². The van der Waals surface area contributed by atoms with Crippen LogP contribution in [0.3, 0.4) is 0 Å². The van der Waals surface area contributed by atoms with Gasteiger partial charge in [0.05, 0.1) is 12.9 Å². The highest BCUT2D eigenvalue weighted by Crippen LogP contribution is 2.13. The second-order valence-corrected chi connectivity index (χ2v) is 6.69. The first kappa shape index (κ1) is 17.2. The Kier molecular flexibility index (Phi) is 5.90. The smallest absolute Gasteiger partial charge is 0.265 e. The highest BCUT2D eigenvalue weighted by Gasteiger charge is 2.07. The molecule has 0 aliphatic carbocycles. The Morgan fingerprint density at radius 1 is 1.04 bits per heavy atom. The summed E-state index contributed by atoms with van der Waals surface area (Å²) in [6, 6.07) is 11.7. The SMILES string of the molecule is COc1ccc(/C=C/c2cc[n+](CCCS(=O)(=O)O)cc2)cc1. The minimum Gasteiger partial charge on any atom is -0.497 e. The zero-order chi connectivity index (χ0) is 16.7. The molecule has 0 radical (unpaired) electrons. The zero-order valence-corrected chi connectivity index (χ0v) is 13.7. The summed E-state index contributed by atoms with van der Waals surface area (Å²) in [5, 5.41) is 0. The molecule has 1 aromatic carbocycles. The zero-order valence-electron chi connectivity index (χ0n) is 12.9. The van der Waals surface area contributed by atoms with E-state index in [1.807, 2.05) is 65.5 Å². The highest BCUT2D eigenvalue weighted by molar-refractivity contribution is 7.85. The Balaban J connectivity index is 1.92. The summed E-state index contributed by atoms with van der Waals surface area (Å²) < 4.78 is 37.0. The van der Waals surface area contributed by atoms with Crippen molar-refractivity contribution in [3.05, 3.63) is 59.9 Å². The molecule has 2 aromatic rings. The molecule has 0 bridgehead atoms. The number of ether oxygens (including phenoxy) is 1. The molecule has 5 nitrogen and oxygen atoms in total. The number of benzene rings is 1. The van der Waals surface area contributed by atoms with E-state index in [0.29, 0.717) is 13.0 Å². The van der Waals surface area contributed by atoms with Crippen molar-refractivity contribution < 1.29 is 22.3 Å². The fourth-order valence-corrected chi connectivity index (χ4v) is 2.56. The lowest BCUT2D eigenvalue weighted by Gasteiger charge is -1.99. The van der Waals surface area contributed by atoms with Gasteiger partial charge in [0.2, 0.25) is 0 Å². The van der Waals surface area contributed by atoms with Crippen LogP contribution in [0.4, 0.5) is 0 Å². The van der Waals surface area contributed by atoms with Crippen LogP contribution >= 0.6 is 0 Å². The van der Waals surface area contributed by atoms with E-state index in [1.54, 1.807) is 7.11 Å². The van der Waals surface area contributed by atoms with Crippen LogP contribution in [-0.2, 0) is 16.7 Å². The fourth-order valence-electron chi connectivity index (χ4n) is 2.07. The number of aromatic nitrogens is 1. The predicted molar refractivity (Wildman–Crippen MR) is 89.6 cm³/mol. The van der Waals surface area contributed by atoms with E-state index in [1.165, 1.54) is 0 Å². The summed E-state index contributed by atoms with van der Waals surface area (Å²) in [5.41, 5.74) is 2.13. The second kappa shape index (κ2) is 7.89. The van der Waals surface area contributed by atoms with Gasteiger partial charge < -0.3 is 4.74 Å². The third kappa shape index (κ3) is 6.22. The summed E-state index contributed by atoms with van der Waals surface area (Å²) in [4.78, 5) is 0. The molecular formula is C17H20NO4S+. The van der Waals surface area contributed by atoms with Crippen LogP contribution in [0.1, 0.15) is 17.5 Å². The van der Waals surface area contributed by atoms with E-state index < -0.39 is 10.1 Å². The first-order valence-corrected chi connectivity index (χ1v) is 8.83. The van der Waals surface area contributed by atoms with E-state index in [4.69, 9.17) is 9.29 Å². The van der Waals surface area contributed by atoms with Crippen molar-refractivity contribution in [1.82, 2.24) is 0 Å². The average molecular weight is 334 g/mol. The van der Waals surface area contributed by atoms with E-state index in [9.17, 15) is 8.42 Å². The van der Waals surface area contributed by atoms with Crippen LogP contribution in [0.15, 0.2) is 48.8 Å². The van der Waals surface area contributed by atoms with Crippen LogP contribution in [0.25, 0.3) is 12.2 Å². The quantitative estimate of drug-likeness (QED) is 0.624. The number of pyridine rings is 1. The van der Waals surface area contributed by atoms with Gasteiger partial charge in [-0.05, 0) is 23.3 Å². The van der Waals surface area contributed by atoms with Crippen LogP contribution < -0.4 is 9.30 Å². The van der Waals surface area contributed by atoms with Crippen LogP contribution in [0.5, 0.6) is 5.75 Å². The summed E-state index contributed by atoms with van der Waals surface area (Å²) in [5.74, 6) is 0.604. The topological polar surface area (TPSA) is 67.5 Å². The van der Waals surface area contributed by atoms with Crippen LogP contribution in [0.2, 0.25) is 0 Å². The van der Waals surface area contributed by atoms with E-state index >= 15 is 0 Å². The molecule has 0 aliphatic rings. The molecule has 1 heterocycles. The standard InChI is InChI=1S/C17H19NO4S/c1-22-17-7-5-15(6-8-17)3-4-16-9-12-18(13-10-16)11-2-14-23(19,20)21/h3-10,12-13H,2,11,14H2,1H3/p+1/b4-3+. The molecule has 0 spiro atoms. The Morgan fingerprint density at radius 3 is 2.13 bits per heavy atom. The number of nitrogens with zero attached hydrogens (tertiary/aromatic N) is 1. The molecular weight excluding hydrogens is 314 g/mol. The normalized spacial score (nSPS) is 11.7. The number of methoxy groups -OCH3 is 1. The molecule has 0 unspecified atom stereocenters. The Labute approximate surface area is 136 Å². The van der Waals surface area contributed by atoms with Gasteiger partial charge in [-0.3, -0.25) is 4.55 Å². The lowest BCUT2D eigenvalue weighted by molar-refractivity contribution is -0.696. The maximum absolute atomic E-state index is 10.7. The average Bonchev–Trinajstić information content (AvgIpc) is 2.53. The van der Waals surface area contributed by atoms with Gasteiger partial charge in [-0.2, -0.15) is 8.42 Å². The first-order chi connectivity index (χ1) is 11.0. The van der Waals surface area contributed by atoms with Gasteiger partial charge in [0.25, 0.3) is 10.1 Å². The lowest BCUT2D eigenvalue weighted by Crippen LogP contribution is -2.33. The van der Waals surface area contributed by atoms with Gasteiger partial charge in [-0.1, -0.05) is 24.3 Å². The fraction of sp³-hybridized carbons (Fsp3) is 0.235. The molecule has 6 heteroatoms. The molecule has 0 fully saturated rings. The molecule has 122 valence electrons. The van der Waals surface area contributed by atoms with Crippen molar-refractivity contribution in [3.8, 4) is 5.75 Å². The van der Waals surface area contributed by atoms with Crippen molar-refractivity contribution >= 4 is 22.3 Å². The molecule has 0 saturated carbocycles. The molecule has 0 aliphatic heterocycles. The molecule has 23 heavy (non-hydrogen) atoms. The Hall–Kier alpha value is -2.18. The van der Waals surface area contributed by atoms with Gasteiger partial charge in [0.1, 0.15) is 12.3 Å². The summed E-state index contributed by atoms with van der Waals surface area (Å²) in [7, 11) is -2.24. The van der Waals surface area contributed by atoms with Crippen molar-refractivity contribution in [2.45, 2.75) is 13.0 Å². The monoisotopic (exact) mass is 334 g/mol.